The van der Waals surface area contributed by atoms with Gasteiger partial charge in [-0.2, -0.15) is 0 Å². The number of carbonyl (C=O) groups is 4. The molecule has 206 valence electrons. The highest BCUT2D eigenvalue weighted by atomic mass is 35.5. The monoisotopic (exact) mass is 555 g/mol. The number of aromatic amines is 1. The van der Waals surface area contributed by atoms with E-state index in [1.807, 2.05) is 12.1 Å². The average molecular weight is 556 g/mol. The van der Waals surface area contributed by atoms with Gasteiger partial charge in [-0.3, -0.25) is 19.2 Å². The number of carboxylic acids is 1. The third kappa shape index (κ3) is 8.66. The van der Waals surface area contributed by atoms with Gasteiger partial charge in [0.2, 0.25) is 17.4 Å². The lowest BCUT2D eigenvalue weighted by atomic mass is 10.0. The predicted molar refractivity (Wildman–Crippen MR) is 146 cm³/mol. The van der Waals surface area contributed by atoms with E-state index < -0.39 is 35.8 Å². The lowest BCUT2D eigenvalue weighted by molar-refractivity contribution is -0.141. The Morgan fingerprint density at radius 3 is 2.38 bits per heavy atom. The van der Waals surface area contributed by atoms with E-state index in [9.17, 15) is 29.1 Å². The van der Waals surface area contributed by atoms with Crippen LogP contribution < -0.4 is 27.2 Å². The Labute approximate surface area is 229 Å². The molecule has 0 saturated carbocycles. The summed E-state index contributed by atoms with van der Waals surface area (Å²) >= 11 is 5.91. The number of halogens is 1. The normalized spacial score (nSPS) is 12.4. The quantitative estimate of drug-likeness (QED) is 0.172. The zero-order valence-electron chi connectivity index (χ0n) is 21.0. The molecule has 0 aliphatic heterocycles. The van der Waals surface area contributed by atoms with Gasteiger partial charge in [0, 0.05) is 40.5 Å². The molecule has 0 radical (unpaired) electrons. The van der Waals surface area contributed by atoms with Crippen molar-refractivity contribution in [2.75, 3.05) is 13.1 Å². The van der Waals surface area contributed by atoms with Crippen LogP contribution >= 0.6 is 11.6 Å². The fourth-order valence-electron chi connectivity index (χ4n) is 4.04. The van der Waals surface area contributed by atoms with Crippen molar-refractivity contribution in [3.8, 4) is 0 Å². The molecule has 0 aliphatic carbocycles. The molecule has 1 unspecified atom stereocenters. The van der Waals surface area contributed by atoms with Crippen LogP contribution in [0.25, 0.3) is 10.9 Å². The number of carbonyl (C=O) groups excluding carboxylic acids is 3. The summed E-state index contributed by atoms with van der Waals surface area (Å²) in [4.78, 5) is 63.9. The van der Waals surface area contributed by atoms with Crippen LogP contribution in [0, 0.1) is 0 Å². The Morgan fingerprint density at radius 2 is 1.69 bits per heavy atom. The number of unbranched alkanes of at least 4 members (excludes halogenated alkanes) is 1. The molecular formula is C27H30ClN5O6. The minimum atomic E-state index is -1.17. The number of hydrogen-bond acceptors (Lipinski definition) is 6. The van der Waals surface area contributed by atoms with E-state index in [1.54, 1.807) is 24.3 Å². The summed E-state index contributed by atoms with van der Waals surface area (Å²) in [6.45, 7) is -0.106. The molecule has 39 heavy (non-hydrogen) atoms. The number of amides is 3. The number of H-pyrrole nitrogens is 1. The SMILES string of the molecule is NCC(=O)N[C@@H](CCCCNC(=O)C(Cc1cc(=O)[nH]c2ccccc12)NC(=O)c1ccc(Cl)cc1)C(=O)O. The van der Waals surface area contributed by atoms with Crippen LogP contribution in [-0.4, -0.2) is 59.0 Å². The van der Waals surface area contributed by atoms with Gasteiger partial charge in [-0.1, -0.05) is 29.8 Å². The summed E-state index contributed by atoms with van der Waals surface area (Å²) in [6, 6.07) is 12.7. The maximum absolute atomic E-state index is 13.2. The molecule has 0 spiro atoms. The highest BCUT2D eigenvalue weighted by Gasteiger charge is 2.23. The molecule has 11 nitrogen and oxygen atoms in total. The molecule has 1 heterocycles. The average Bonchev–Trinajstić information content (AvgIpc) is 2.91. The van der Waals surface area contributed by atoms with Gasteiger partial charge in [0.15, 0.2) is 0 Å². The smallest absolute Gasteiger partial charge is 0.326 e. The lowest BCUT2D eigenvalue weighted by Crippen LogP contribution is -2.48. The zero-order valence-corrected chi connectivity index (χ0v) is 21.8. The molecule has 3 amide bonds. The van der Waals surface area contributed by atoms with Crippen LogP contribution in [-0.2, 0) is 20.8 Å². The molecule has 3 rings (SSSR count). The van der Waals surface area contributed by atoms with Crippen LogP contribution in [0.15, 0.2) is 59.4 Å². The number of aliphatic carboxylic acids is 1. The van der Waals surface area contributed by atoms with E-state index in [4.69, 9.17) is 17.3 Å². The minimum absolute atomic E-state index is 0.0573. The zero-order chi connectivity index (χ0) is 28.4. The number of para-hydroxylation sites is 1. The summed E-state index contributed by atoms with van der Waals surface area (Å²) in [5, 5.41) is 18.3. The van der Waals surface area contributed by atoms with E-state index in [1.165, 1.54) is 18.2 Å². The number of fused-ring (bicyclic) bond motifs is 1. The Balaban J connectivity index is 1.69. The molecule has 2 aromatic carbocycles. The number of carboxylic acid groups (broad SMARTS) is 1. The van der Waals surface area contributed by atoms with Gasteiger partial charge in [-0.05, 0) is 55.2 Å². The molecule has 7 N–H and O–H groups in total. The van der Waals surface area contributed by atoms with Gasteiger partial charge in [-0.15, -0.1) is 0 Å². The van der Waals surface area contributed by atoms with Crippen molar-refractivity contribution >= 4 is 46.2 Å². The fraction of sp³-hybridized carbons (Fsp3) is 0.296. The van der Waals surface area contributed by atoms with Crippen molar-refractivity contribution in [2.24, 2.45) is 5.73 Å². The topological polar surface area (TPSA) is 183 Å². The van der Waals surface area contributed by atoms with Crippen molar-refractivity contribution < 1.29 is 24.3 Å². The number of aromatic nitrogens is 1. The molecular weight excluding hydrogens is 526 g/mol. The van der Waals surface area contributed by atoms with Gasteiger partial charge in [0.25, 0.3) is 5.91 Å². The summed E-state index contributed by atoms with van der Waals surface area (Å²) in [5.74, 6) is -2.69. The molecule has 0 bridgehead atoms. The Kier molecular flexibility index (Phi) is 10.6. The van der Waals surface area contributed by atoms with E-state index in [2.05, 4.69) is 20.9 Å². The highest BCUT2D eigenvalue weighted by Crippen LogP contribution is 2.17. The summed E-state index contributed by atoms with van der Waals surface area (Å²) in [5.41, 5.74) is 6.40. The number of benzene rings is 2. The second kappa shape index (κ2) is 14.1. The predicted octanol–water partition coefficient (Wildman–Crippen LogP) is 1.34. The third-order valence-electron chi connectivity index (χ3n) is 6.03. The van der Waals surface area contributed by atoms with E-state index >= 15 is 0 Å². The summed E-state index contributed by atoms with van der Waals surface area (Å²) < 4.78 is 0. The number of nitrogens with one attached hydrogen (secondary N) is 4. The first kappa shape index (κ1) is 29.3. The Morgan fingerprint density at radius 1 is 0.974 bits per heavy atom. The minimum Gasteiger partial charge on any atom is -0.480 e. The van der Waals surface area contributed by atoms with Crippen LogP contribution in [0.3, 0.4) is 0 Å². The van der Waals surface area contributed by atoms with E-state index in [0.29, 0.717) is 34.5 Å². The molecule has 1 aromatic heterocycles. The van der Waals surface area contributed by atoms with E-state index in [-0.39, 0.29) is 31.5 Å². The van der Waals surface area contributed by atoms with Crippen LogP contribution in [0.2, 0.25) is 5.02 Å². The van der Waals surface area contributed by atoms with Crippen LogP contribution in [0.5, 0.6) is 0 Å². The molecule has 3 aromatic rings. The van der Waals surface area contributed by atoms with Crippen LogP contribution in [0.1, 0.15) is 35.2 Å². The van der Waals surface area contributed by atoms with Crippen molar-refractivity contribution in [1.82, 2.24) is 20.9 Å². The number of nitrogens with two attached hydrogens (primary N) is 1. The molecule has 0 aliphatic rings. The fourth-order valence-corrected chi connectivity index (χ4v) is 4.16. The third-order valence-corrected chi connectivity index (χ3v) is 6.28. The Hall–Kier alpha value is -4.22. The first-order valence-electron chi connectivity index (χ1n) is 12.3. The molecule has 0 fully saturated rings. The largest absolute Gasteiger partial charge is 0.480 e. The summed E-state index contributed by atoms with van der Waals surface area (Å²) in [7, 11) is 0. The first-order valence-corrected chi connectivity index (χ1v) is 12.7. The highest BCUT2D eigenvalue weighted by molar-refractivity contribution is 6.30. The van der Waals surface area contributed by atoms with Crippen molar-refractivity contribution in [1.29, 1.82) is 0 Å². The van der Waals surface area contributed by atoms with Crippen molar-refractivity contribution in [2.45, 2.75) is 37.8 Å². The van der Waals surface area contributed by atoms with Gasteiger partial charge in [-0.25, -0.2) is 4.79 Å². The van der Waals surface area contributed by atoms with Gasteiger partial charge >= 0.3 is 5.97 Å². The number of rotatable bonds is 13. The molecule has 0 saturated heterocycles. The number of hydrogen-bond donors (Lipinski definition) is 6. The molecule has 12 heteroatoms. The van der Waals surface area contributed by atoms with Crippen molar-refractivity contribution in [3.63, 3.8) is 0 Å². The lowest BCUT2D eigenvalue weighted by Gasteiger charge is -2.20. The van der Waals surface area contributed by atoms with Crippen LogP contribution in [0.4, 0.5) is 0 Å². The first-order chi connectivity index (χ1) is 18.7. The second-order valence-corrected chi connectivity index (χ2v) is 9.33. The maximum atomic E-state index is 13.2. The molecule has 2 atom stereocenters. The number of pyridine rings is 1. The standard InChI is InChI=1S/C27H30ClN5O6/c28-18-10-8-16(9-11-18)25(36)33-22(13-17-14-23(34)31-20-6-2-1-5-19(17)20)26(37)30-12-4-3-7-21(27(38)39)32-24(35)15-29/h1-2,5-6,8-11,14,21-22H,3-4,7,12-13,15,29H2,(H,30,37)(H,31,34)(H,32,35)(H,33,36)(H,38,39)/t21-,22?/m0/s1. The van der Waals surface area contributed by atoms with Gasteiger partial charge in [0.05, 0.1) is 6.54 Å². The van der Waals surface area contributed by atoms with Crippen molar-refractivity contribution in [3.05, 3.63) is 81.1 Å². The van der Waals surface area contributed by atoms with Gasteiger partial charge in [0.1, 0.15) is 12.1 Å². The van der Waals surface area contributed by atoms with E-state index in [0.717, 1.165) is 5.39 Å². The Bertz CT molecular complexity index is 1390. The summed E-state index contributed by atoms with van der Waals surface area (Å²) in [6.07, 6.45) is 1.05. The maximum Gasteiger partial charge on any atom is 0.326 e. The van der Waals surface area contributed by atoms with Gasteiger partial charge < -0.3 is 31.8 Å². The second-order valence-electron chi connectivity index (χ2n) is 8.89.